The molecule has 0 aliphatic rings. The van der Waals surface area contributed by atoms with E-state index in [4.69, 9.17) is 0 Å². The van der Waals surface area contributed by atoms with Crippen LogP contribution in [0.15, 0.2) is 29.6 Å². The predicted molar refractivity (Wildman–Crippen MR) is 72.0 cm³/mol. The highest BCUT2D eigenvalue weighted by atomic mass is 32.1. The Kier molecular flexibility index (Phi) is 4.04. The van der Waals surface area contributed by atoms with E-state index in [0.29, 0.717) is 0 Å². The Bertz CT molecular complexity index is 534. The molecule has 94 valence electrons. The Morgan fingerprint density at radius 1 is 1.28 bits per heavy atom. The van der Waals surface area contributed by atoms with Crippen LogP contribution < -0.4 is 0 Å². The number of thiazole rings is 1. The zero-order valence-electron chi connectivity index (χ0n) is 10.1. The smallest absolute Gasteiger partial charge is 0.258 e. The largest absolute Gasteiger partial charge is 0.269 e. The molecule has 0 radical (unpaired) electrons. The third-order valence-corrected chi connectivity index (χ3v) is 3.76. The van der Waals surface area contributed by atoms with Crippen molar-refractivity contribution in [3.05, 3.63) is 56.0 Å². The second kappa shape index (κ2) is 5.73. The fraction of sp³-hybridized carbons (Fsp3) is 0.308. The van der Waals surface area contributed by atoms with Gasteiger partial charge in [0.1, 0.15) is 0 Å². The molecule has 1 aromatic carbocycles. The molecule has 0 N–H and O–H groups in total. The Labute approximate surface area is 109 Å². The topological polar surface area (TPSA) is 56.0 Å². The Morgan fingerprint density at radius 2 is 2.00 bits per heavy atom. The summed E-state index contributed by atoms with van der Waals surface area (Å²) in [7, 11) is 0. The van der Waals surface area contributed by atoms with Crippen LogP contribution in [-0.4, -0.2) is 9.91 Å². The van der Waals surface area contributed by atoms with Gasteiger partial charge < -0.3 is 0 Å². The van der Waals surface area contributed by atoms with E-state index in [-0.39, 0.29) is 10.6 Å². The van der Waals surface area contributed by atoms with Crippen LogP contribution in [0.25, 0.3) is 0 Å². The molecule has 18 heavy (non-hydrogen) atoms. The summed E-state index contributed by atoms with van der Waals surface area (Å²) in [5, 5.41) is 13.8. The quantitative estimate of drug-likeness (QED) is 0.613. The first kappa shape index (κ1) is 12.7. The molecule has 0 aliphatic heterocycles. The van der Waals surface area contributed by atoms with Crippen molar-refractivity contribution >= 4 is 17.0 Å². The summed E-state index contributed by atoms with van der Waals surface area (Å²) in [5.41, 5.74) is 2.35. The zero-order valence-corrected chi connectivity index (χ0v) is 10.9. The van der Waals surface area contributed by atoms with Crippen LogP contribution >= 0.6 is 11.3 Å². The first-order valence-electron chi connectivity index (χ1n) is 5.85. The first-order chi connectivity index (χ1) is 8.69. The highest BCUT2D eigenvalue weighted by Gasteiger charge is 2.05. The van der Waals surface area contributed by atoms with Crippen molar-refractivity contribution in [1.29, 1.82) is 0 Å². The van der Waals surface area contributed by atoms with E-state index < -0.39 is 0 Å². The molecule has 0 bridgehead atoms. The number of nitro benzene ring substituents is 1. The normalized spacial score (nSPS) is 10.5. The van der Waals surface area contributed by atoms with Gasteiger partial charge in [0, 0.05) is 17.5 Å². The SMILES string of the molecule is CCc1nc(CCc2ccc([N+](=O)[O-])cc2)cs1. The van der Waals surface area contributed by atoms with E-state index >= 15 is 0 Å². The van der Waals surface area contributed by atoms with Crippen LogP contribution in [0.5, 0.6) is 0 Å². The maximum atomic E-state index is 10.5. The van der Waals surface area contributed by atoms with E-state index in [1.807, 2.05) is 12.1 Å². The number of hydrogen-bond donors (Lipinski definition) is 0. The van der Waals surface area contributed by atoms with Crippen LogP contribution in [0.3, 0.4) is 0 Å². The molecular weight excluding hydrogens is 248 g/mol. The molecule has 0 amide bonds. The lowest BCUT2D eigenvalue weighted by atomic mass is 10.1. The lowest BCUT2D eigenvalue weighted by Gasteiger charge is -1.99. The Hall–Kier alpha value is -1.75. The van der Waals surface area contributed by atoms with E-state index in [1.54, 1.807) is 23.5 Å². The summed E-state index contributed by atoms with van der Waals surface area (Å²) in [5.74, 6) is 0. The van der Waals surface area contributed by atoms with Crippen molar-refractivity contribution in [2.45, 2.75) is 26.2 Å². The van der Waals surface area contributed by atoms with Gasteiger partial charge in [-0.15, -0.1) is 11.3 Å². The van der Waals surface area contributed by atoms with Gasteiger partial charge in [0.2, 0.25) is 0 Å². The van der Waals surface area contributed by atoms with Crippen molar-refractivity contribution in [1.82, 2.24) is 4.98 Å². The van der Waals surface area contributed by atoms with Crippen molar-refractivity contribution in [3.8, 4) is 0 Å². The number of rotatable bonds is 5. The molecule has 0 aliphatic carbocycles. The van der Waals surface area contributed by atoms with Crippen molar-refractivity contribution in [2.75, 3.05) is 0 Å². The summed E-state index contributed by atoms with van der Waals surface area (Å²) in [6, 6.07) is 6.72. The van der Waals surface area contributed by atoms with Gasteiger partial charge in [-0.2, -0.15) is 0 Å². The Morgan fingerprint density at radius 3 is 2.56 bits per heavy atom. The molecular formula is C13H14N2O2S. The monoisotopic (exact) mass is 262 g/mol. The van der Waals surface area contributed by atoms with Crippen LogP contribution in [-0.2, 0) is 19.3 Å². The van der Waals surface area contributed by atoms with Crippen molar-refractivity contribution < 1.29 is 4.92 Å². The van der Waals surface area contributed by atoms with Gasteiger partial charge in [-0.25, -0.2) is 4.98 Å². The average molecular weight is 262 g/mol. The Balaban J connectivity index is 1.95. The predicted octanol–water partition coefficient (Wildman–Crippen LogP) is 3.40. The van der Waals surface area contributed by atoms with Gasteiger partial charge in [0.25, 0.3) is 5.69 Å². The molecule has 0 spiro atoms. The summed E-state index contributed by atoms with van der Waals surface area (Å²) >= 11 is 1.69. The molecule has 0 unspecified atom stereocenters. The van der Waals surface area contributed by atoms with Gasteiger partial charge in [-0.3, -0.25) is 10.1 Å². The summed E-state index contributed by atoms with van der Waals surface area (Å²) < 4.78 is 0. The highest BCUT2D eigenvalue weighted by molar-refractivity contribution is 7.09. The van der Waals surface area contributed by atoms with Gasteiger partial charge in [0.15, 0.2) is 0 Å². The fourth-order valence-corrected chi connectivity index (χ4v) is 2.46. The van der Waals surface area contributed by atoms with Gasteiger partial charge in [-0.05, 0) is 24.8 Å². The number of aryl methyl sites for hydroxylation is 3. The second-order valence-electron chi connectivity index (χ2n) is 4.01. The molecule has 5 heteroatoms. The first-order valence-corrected chi connectivity index (χ1v) is 6.73. The van der Waals surface area contributed by atoms with E-state index in [2.05, 4.69) is 17.3 Å². The van der Waals surface area contributed by atoms with E-state index in [0.717, 1.165) is 35.5 Å². The highest BCUT2D eigenvalue weighted by Crippen LogP contribution is 2.15. The lowest BCUT2D eigenvalue weighted by molar-refractivity contribution is -0.384. The number of nitro groups is 1. The molecule has 0 saturated heterocycles. The fourth-order valence-electron chi connectivity index (χ4n) is 1.68. The minimum absolute atomic E-state index is 0.140. The maximum absolute atomic E-state index is 10.5. The molecule has 4 nitrogen and oxygen atoms in total. The summed E-state index contributed by atoms with van der Waals surface area (Å²) in [6.07, 6.45) is 2.72. The van der Waals surface area contributed by atoms with Gasteiger partial charge in [0.05, 0.1) is 15.6 Å². The molecule has 0 saturated carbocycles. The van der Waals surface area contributed by atoms with Crippen molar-refractivity contribution in [2.24, 2.45) is 0 Å². The van der Waals surface area contributed by atoms with Crippen LogP contribution in [0.4, 0.5) is 5.69 Å². The van der Waals surface area contributed by atoms with Crippen molar-refractivity contribution in [3.63, 3.8) is 0 Å². The standard InChI is InChI=1S/C13H14N2O2S/c1-2-13-14-11(9-18-13)6-3-10-4-7-12(8-5-10)15(16)17/h4-5,7-9H,2-3,6H2,1H3. The number of nitrogens with zero attached hydrogens (tertiary/aromatic N) is 2. The molecule has 2 rings (SSSR count). The third-order valence-electron chi connectivity index (χ3n) is 2.72. The molecule has 2 aromatic rings. The number of non-ortho nitro benzene ring substituents is 1. The second-order valence-corrected chi connectivity index (χ2v) is 4.95. The number of aromatic nitrogens is 1. The average Bonchev–Trinajstić information content (AvgIpc) is 2.85. The lowest BCUT2D eigenvalue weighted by Crippen LogP contribution is -1.93. The molecule has 0 atom stereocenters. The molecule has 1 heterocycles. The molecule has 1 aromatic heterocycles. The van der Waals surface area contributed by atoms with Crippen LogP contribution in [0.1, 0.15) is 23.2 Å². The minimum Gasteiger partial charge on any atom is -0.258 e. The zero-order chi connectivity index (χ0) is 13.0. The third kappa shape index (κ3) is 3.13. The maximum Gasteiger partial charge on any atom is 0.269 e. The summed E-state index contributed by atoms with van der Waals surface area (Å²) in [6.45, 7) is 2.10. The molecule has 0 fully saturated rings. The number of hydrogen-bond acceptors (Lipinski definition) is 4. The minimum atomic E-state index is -0.377. The number of benzene rings is 1. The van der Waals surface area contributed by atoms with Gasteiger partial charge in [-0.1, -0.05) is 19.1 Å². The van der Waals surface area contributed by atoms with Crippen LogP contribution in [0.2, 0.25) is 0 Å². The van der Waals surface area contributed by atoms with Crippen LogP contribution in [0, 0.1) is 10.1 Å². The van der Waals surface area contributed by atoms with Gasteiger partial charge >= 0.3 is 0 Å². The van der Waals surface area contributed by atoms with E-state index in [1.165, 1.54) is 0 Å². The summed E-state index contributed by atoms with van der Waals surface area (Å²) in [4.78, 5) is 14.6. The van der Waals surface area contributed by atoms with E-state index in [9.17, 15) is 10.1 Å².